The number of aliphatic hydroxyl groups excluding tert-OH is 13. The van der Waals surface area contributed by atoms with Crippen LogP contribution >= 0.6 is 0 Å². The fraction of sp³-hybridized carbons (Fsp3) is 0.935. The molecule has 510 valence electrons. The van der Waals surface area contributed by atoms with Gasteiger partial charge in [-0.2, -0.15) is 0 Å². The average molecular weight is 1260 g/mol. The van der Waals surface area contributed by atoms with Gasteiger partial charge in [0.2, 0.25) is 11.8 Å². The van der Waals surface area contributed by atoms with Crippen molar-refractivity contribution in [3.8, 4) is 0 Å². The van der Waals surface area contributed by atoms with Gasteiger partial charge in [-0.25, -0.2) is 0 Å². The van der Waals surface area contributed by atoms with Crippen molar-refractivity contribution in [2.45, 2.75) is 335 Å². The number of nitrogens with one attached hydrogen (secondary N) is 2. The van der Waals surface area contributed by atoms with Crippen LogP contribution in [0.15, 0.2) is 12.2 Å². The summed E-state index contributed by atoms with van der Waals surface area (Å²) in [5.74, 6) is -1.06. The van der Waals surface area contributed by atoms with Crippen LogP contribution in [0.25, 0.3) is 0 Å². The molecule has 0 radical (unpaired) electrons. The lowest BCUT2D eigenvalue weighted by Gasteiger charge is -2.50. The molecule has 4 saturated heterocycles. The highest BCUT2D eigenvalue weighted by Crippen LogP contribution is 2.35. The van der Waals surface area contributed by atoms with Crippen LogP contribution in [0.5, 0.6) is 0 Å². The van der Waals surface area contributed by atoms with Crippen molar-refractivity contribution in [2.75, 3.05) is 33.0 Å². The second kappa shape index (κ2) is 43.6. The van der Waals surface area contributed by atoms with Gasteiger partial charge in [-0.05, 0) is 19.3 Å². The van der Waals surface area contributed by atoms with Crippen LogP contribution < -0.4 is 10.6 Å². The Morgan fingerprint density at radius 2 is 0.828 bits per heavy atom. The lowest BCUT2D eigenvalue weighted by molar-refractivity contribution is -0.380. The third kappa shape index (κ3) is 26.0. The van der Waals surface area contributed by atoms with Gasteiger partial charge in [-0.1, -0.05) is 180 Å². The monoisotopic (exact) mass is 1250 g/mol. The summed E-state index contributed by atoms with van der Waals surface area (Å²) in [5.41, 5.74) is 0. The summed E-state index contributed by atoms with van der Waals surface area (Å²) in [5, 5.41) is 147. The molecule has 0 spiro atoms. The third-order valence-corrected chi connectivity index (χ3v) is 17.1. The minimum atomic E-state index is -2.10. The summed E-state index contributed by atoms with van der Waals surface area (Å²) in [6.45, 7) is 1.59. The first kappa shape index (κ1) is 77.3. The van der Waals surface area contributed by atoms with Gasteiger partial charge in [0.05, 0.1) is 45.2 Å². The van der Waals surface area contributed by atoms with Gasteiger partial charge in [0.25, 0.3) is 0 Å². The van der Waals surface area contributed by atoms with Crippen molar-refractivity contribution >= 4 is 11.8 Å². The Kier molecular flexibility index (Phi) is 38.8. The second-order valence-corrected chi connectivity index (χ2v) is 24.3. The number of hydrogen-bond donors (Lipinski definition) is 15. The van der Waals surface area contributed by atoms with Crippen LogP contribution in [0, 0.1) is 0 Å². The molecule has 0 saturated carbocycles. The summed E-state index contributed by atoms with van der Waals surface area (Å²) in [7, 11) is 0. The molecule has 4 aliphatic rings. The van der Waals surface area contributed by atoms with Gasteiger partial charge in [0, 0.05) is 13.3 Å². The van der Waals surface area contributed by atoms with E-state index in [0.29, 0.717) is 12.8 Å². The molecule has 22 atom stereocenters. The summed E-state index contributed by atoms with van der Waals surface area (Å²) in [4.78, 5) is 26.0. The molecule has 0 aromatic heterocycles. The zero-order valence-electron chi connectivity index (χ0n) is 52.1. The van der Waals surface area contributed by atoms with Crippen molar-refractivity contribution in [3.05, 3.63) is 12.2 Å². The van der Waals surface area contributed by atoms with Crippen molar-refractivity contribution < 1.29 is 114 Å². The van der Waals surface area contributed by atoms with E-state index in [-0.39, 0.29) is 12.3 Å². The lowest BCUT2D eigenvalue weighted by atomic mass is 9.94. The standard InChI is InChI=1S/C62H114N2O23/c1-4-6-8-10-12-14-16-18-19-21-23-25-27-29-31-33-46(71)64-40(41(70)32-30-28-26-24-22-20-17-15-13-11-9-7-5-2)38-80-60-54(78)51(75)57(44(36-67)83-60)86-62-55(79)52(76)56(45(37-68)84-62)85-59-47(63-39(3)69)58(49(73)43(35-66)81-59)87-61-53(77)50(74)48(72)42(34-65)82-61/h30,32,40-45,47-62,65-68,70,72-79H,4-29,31,33-38H2,1-3H3,(H,63,69)(H,64,71)/b32-30+/t40-,41+,42?,43-,44-,45?,47?,48+,49-,50-,51?,52+,53?,54?,55?,56-,57+,58?,59+,60+,61-,62-/m0/s1. The molecule has 15 N–H and O–H groups in total. The van der Waals surface area contributed by atoms with Gasteiger partial charge < -0.3 is 115 Å². The summed E-state index contributed by atoms with van der Waals surface area (Å²) < 4.78 is 46.7. The van der Waals surface area contributed by atoms with Crippen LogP contribution in [-0.2, 0) is 47.5 Å². The molecular weight excluding hydrogens is 1140 g/mol. The van der Waals surface area contributed by atoms with Gasteiger partial charge >= 0.3 is 0 Å². The van der Waals surface area contributed by atoms with Crippen LogP contribution in [0.2, 0.25) is 0 Å². The molecule has 4 fully saturated rings. The van der Waals surface area contributed by atoms with Crippen LogP contribution in [0.4, 0.5) is 0 Å². The predicted octanol–water partition coefficient (Wildman–Crippen LogP) is 1.78. The van der Waals surface area contributed by atoms with Crippen LogP contribution in [-0.4, -0.2) is 246 Å². The number of carbonyl (C=O) groups excluding carboxylic acids is 2. The van der Waals surface area contributed by atoms with E-state index < -0.39 is 174 Å². The Bertz CT molecular complexity index is 1830. The van der Waals surface area contributed by atoms with Crippen molar-refractivity contribution in [1.29, 1.82) is 0 Å². The highest BCUT2D eigenvalue weighted by atomic mass is 16.8. The molecule has 8 unspecified atom stereocenters. The van der Waals surface area contributed by atoms with E-state index >= 15 is 0 Å². The molecule has 4 heterocycles. The molecule has 0 bridgehead atoms. The minimum Gasteiger partial charge on any atom is -0.394 e. The first-order valence-electron chi connectivity index (χ1n) is 32.9. The maximum Gasteiger partial charge on any atom is 0.220 e. The zero-order valence-corrected chi connectivity index (χ0v) is 52.1. The first-order chi connectivity index (χ1) is 42.0. The minimum absolute atomic E-state index is 0.217. The first-order valence-corrected chi connectivity index (χ1v) is 32.9. The SMILES string of the molecule is CCCCCCCCCCCCC/C=C/[C@@H](O)[C@H](CO[C@@H]1O[C@@H](CO)[C@@H](O[C@@H]2OC(CO)[C@H](O[C@H]3O[C@@H](CO)[C@H](O)C(O[C@@H]4OC(CO)[C@@H](O)[C@H](O)C4O)C3NC(C)=O)[C@H](O)C2O)C(O)C1O)NC(=O)CCCCCCCCCCCCCCCCC. The maximum absolute atomic E-state index is 13.4. The van der Waals surface area contributed by atoms with E-state index in [0.717, 1.165) is 51.9 Å². The molecule has 2 amide bonds. The summed E-state index contributed by atoms with van der Waals surface area (Å²) >= 11 is 0. The molecule has 4 aliphatic heterocycles. The van der Waals surface area contributed by atoms with Gasteiger partial charge in [0.1, 0.15) is 97.6 Å². The Balaban J connectivity index is 1.36. The number of allylic oxidation sites excluding steroid dienone is 1. The Hall–Kier alpha value is -2.16. The lowest BCUT2D eigenvalue weighted by Crippen LogP contribution is -2.70. The van der Waals surface area contributed by atoms with Crippen molar-refractivity contribution in [2.24, 2.45) is 0 Å². The third-order valence-electron chi connectivity index (χ3n) is 17.1. The highest BCUT2D eigenvalue weighted by Gasteiger charge is 2.56. The van der Waals surface area contributed by atoms with Crippen molar-refractivity contribution in [1.82, 2.24) is 10.6 Å². The topological polar surface area (TPSA) is 395 Å². The quantitative estimate of drug-likeness (QED) is 0.0305. The van der Waals surface area contributed by atoms with E-state index in [1.54, 1.807) is 6.08 Å². The van der Waals surface area contributed by atoms with Gasteiger partial charge in [-0.3, -0.25) is 9.59 Å². The van der Waals surface area contributed by atoms with E-state index in [4.69, 9.17) is 37.9 Å². The Morgan fingerprint density at radius 1 is 0.448 bits per heavy atom. The fourth-order valence-corrected chi connectivity index (χ4v) is 11.7. The zero-order chi connectivity index (χ0) is 63.7. The average Bonchev–Trinajstić information content (AvgIpc) is 3.37. The van der Waals surface area contributed by atoms with Crippen molar-refractivity contribution in [3.63, 3.8) is 0 Å². The second-order valence-electron chi connectivity index (χ2n) is 24.3. The number of amides is 2. The number of unbranched alkanes of at least 4 members (excludes halogenated alkanes) is 25. The van der Waals surface area contributed by atoms with E-state index in [2.05, 4.69) is 24.5 Å². The van der Waals surface area contributed by atoms with Crippen LogP contribution in [0.3, 0.4) is 0 Å². The molecule has 0 aromatic carbocycles. The van der Waals surface area contributed by atoms with Gasteiger partial charge in [-0.15, -0.1) is 0 Å². The predicted molar refractivity (Wildman–Crippen MR) is 317 cm³/mol. The summed E-state index contributed by atoms with van der Waals surface area (Å²) in [6.07, 6.45) is 0.0598. The highest BCUT2D eigenvalue weighted by molar-refractivity contribution is 5.76. The van der Waals surface area contributed by atoms with E-state index in [1.807, 2.05) is 6.08 Å². The maximum atomic E-state index is 13.4. The van der Waals surface area contributed by atoms with E-state index in [1.165, 1.54) is 116 Å². The molecule has 25 heteroatoms. The van der Waals surface area contributed by atoms with Crippen LogP contribution in [0.1, 0.15) is 201 Å². The fourth-order valence-electron chi connectivity index (χ4n) is 11.7. The van der Waals surface area contributed by atoms with Gasteiger partial charge in [0.15, 0.2) is 25.2 Å². The normalized spacial score (nSPS) is 33.8. The number of carbonyl (C=O) groups is 2. The molecule has 25 nitrogen and oxygen atoms in total. The Labute approximate surface area is 515 Å². The number of rotatable bonds is 45. The number of aliphatic hydroxyl groups is 13. The Morgan fingerprint density at radius 3 is 1.30 bits per heavy atom. The molecule has 0 aliphatic carbocycles. The largest absolute Gasteiger partial charge is 0.394 e. The molecular formula is C62H114N2O23. The smallest absolute Gasteiger partial charge is 0.220 e. The number of ether oxygens (including phenoxy) is 8. The molecule has 0 aromatic rings. The number of hydrogen-bond acceptors (Lipinski definition) is 23. The molecule has 87 heavy (non-hydrogen) atoms. The van der Waals surface area contributed by atoms with E-state index in [9.17, 15) is 76.0 Å². The summed E-state index contributed by atoms with van der Waals surface area (Å²) in [6, 6.07) is -2.62. The molecule has 4 rings (SSSR count).